The van der Waals surface area contributed by atoms with Gasteiger partial charge < -0.3 is 10.4 Å². The minimum absolute atomic E-state index is 0.00145. The van der Waals surface area contributed by atoms with E-state index in [-0.39, 0.29) is 18.5 Å². The van der Waals surface area contributed by atoms with Gasteiger partial charge in [0.1, 0.15) is 0 Å². The van der Waals surface area contributed by atoms with Crippen LogP contribution < -0.4 is 5.32 Å². The molecular formula is C24H17Br2F3N2O3. The Bertz CT molecular complexity index is 1190. The van der Waals surface area contributed by atoms with Crippen molar-refractivity contribution < 1.29 is 27.9 Å². The van der Waals surface area contributed by atoms with Gasteiger partial charge in [-0.3, -0.25) is 9.59 Å². The zero-order valence-electron chi connectivity index (χ0n) is 17.4. The number of amides is 1. The van der Waals surface area contributed by atoms with Gasteiger partial charge >= 0.3 is 12.1 Å². The molecule has 0 unspecified atom stereocenters. The molecule has 0 aliphatic rings. The van der Waals surface area contributed by atoms with Crippen molar-refractivity contribution in [1.29, 1.82) is 5.26 Å². The van der Waals surface area contributed by atoms with Crippen LogP contribution in [0.15, 0.2) is 75.7 Å². The van der Waals surface area contributed by atoms with E-state index in [9.17, 15) is 22.8 Å². The van der Waals surface area contributed by atoms with Gasteiger partial charge in [-0.1, -0.05) is 56.1 Å². The zero-order chi connectivity index (χ0) is 25.3. The Kier molecular flexibility index (Phi) is 9.83. The number of nitriles is 1. The number of alkyl halides is 3. The second kappa shape index (κ2) is 12.3. The summed E-state index contributed by atoms with van der Waals surface area (Å²) in [4.78, 5) is 22.2. The molecule has 0 saturated heterocycles. The number of benzene rings is 3. The quantitative estimate of drug-likeness (QED) is 0.347. The summed E-state index contributed by atoms with van der Waals surface area (Å²) in [7, 11) is 0. The van der Waals surface area contributed by atoms with Crippen LogP contribution >= 0.6 is 31.9 Å². The maximum atomic E-state index is 12.9. The molecule has 0 heterocycles. The van der Waals surface area contributed by atoms with Gasteiger partial charge in [0.25, 0.3) is 0 Å². The summed E-state index contributed by atoms with van der Waals surface area (Å²) in [6.45, 7) is 0. The second-order valence-electron chi connectivity index (χ2n) is 6.92. The van der Waals surface area contributed by atoms with Gasteiger partial charge in [0.05, 0.1) is 30.0 Å². The van der Waals surface area contributed by atoms with Crippen LogP contribution in [0.25, 0.3) is 0 Å². The Morgan fingerprint density at radius 1 is 0.882 bits per heavy atom. The van der Waals surface area contributed by atoms with Gasteiger partial charge in [0.15, 0.2) is 0 Å². The molecule has 0 aliphatic carbocycles. The van der Waals surface area contributed by atoms with E-state index in [0.717, 1.165) is 32.2 Å². The fourth-order valence-electron chi connectivity index (χ4n) is 2.72. The first-order chi connectivity index (χ1) is 16.0. The molecule has 0 saturated carbocycles. The number of carboxylic acid groups (broad SMARTS) is 1. The molecule has 10 heteroatoms. The van der Waals surface area contributed by atoms with Crippen LogP contribution in [0.2, 0.25) is 0 Å². The molecule has 3 aromatic carbocycles. The predicted octanol–water partition coefficient (Wildman–Crippen LogP) is 6.60. The van der Waals surface area contributed by atoms with Gasteiger partial charge in [0, 0.05) is 14.6 Å². The van der Waals surface area contributed by atoms with Crippen molar-refractivity contribution in [2.75, 3.05) is 5.32 Å². The van der Waals surface area contributed by atoms with Gasteiger partial charge in [-0.15, -0.1) is 0 Å². The lowest BCUT2D eigenvalue weighted by Crippen LogP contribution is -2.16. The van der Waals surface area contributed by atoms with E-state index in [1.807, 2.05) is 12.1 Å². The minimum atomic E-state index is -4.66. The molecule has 34 heavy (non-hydrogen) atoms. The molecule has 0 fully saturated rings. The number of rotatable bonds is 5. The number of anilines is 1. The topological polar surface area (TPSA) is 90.2 Å². The fraction of sp³-hybridized carbons (Fsp3) is 0.125. The maximum absolute atomic E-state index is 12.9. The highest BCUT2D eigenvalue weighted by Crippen LogP contribution is 2.33. The SMILES string of the molecule is N#Cc1ccc(NC(=O)Cc2ccc(Br)cc2)cc1C(F)(F)F.O=C(O)Cc1ccc(Br)cc1. The Morgan fingerprint density at radius 2 is 1.38 bits per heavy atom. The van der Waals surface area contributed by atoms with Crippen LogP contribution in [0, 0.1) is 11.3 Å². The van der Waals surface area contributed by atoms with Gasteiger partial charge in [-0.05, 0) is 53.6 Å². The van der Waals surface area contributed by atoms with Crippen molar-refractivity contribution in [2.45, 2.75) is 19.0 Å². The van der Waals surface area contributed by atoms with E-state index in [2.05, 4.69) is 37.2 Å². The van der Waals surface area contributed by atoms with E-state index in [4.69, 9.17) is 10.4 Å². The van der Waals surface area contributed by atoms with Crippen molar-refractivity contribution >= 4 is 49.4 Å². The van der Waals surface area contributed by atoms with E-state index >= 15 is 0 Å². The minimum Gasteiger partial charge on any atom is -0.481 e. The molecule has 3 rings (SSSR count). The first kappa shape index (κ1) is 27.1. The molecule has 0 aliphatic heterocycles. The highest BCUT2D eigenvalue weighted by atomic mass is 79.9. The van der Waals surface area contributed by atoms with Crippen molar-refractivity contribution in [2.24, 2.45) is 0 Å². The van der Waals surface area contributed by atoms with E-state index in [1.165, 1.54) is 12.1 Å². The van der Waals surface area contributed by atoms with Crippen LogP contribution in [-0.4, -0.2) is 17.0 Å². The Hall–Kier alpha value is -3.16. The van der Waals surface area contributed by atoms with Gasteiger partial charge in [-0.25, -0.2) is 0 Å². The summed E-state index contributed by atoms with van der Waals surface area (Å²) in [5.74, 6) is -1.24. The van der Waals surface area contributed by atoms with Crippen LogP contribution in [0.1, 0.15) is 22.3 Å². The normalized spacial score (nSPS) is 10.5. The number of aliphatic carboxylic acids is 1. The third-order valence-electron chi connectivity index (χ3n) is 4.28. The summed E-state index contributed by atoms with van der Waals surface area (Å²) in [6, 6.07) is 18.8. The van der Waals surface area contributed by atoms with E-state index in [1.54, 1.807) is 36.4 Å². The lowest BCUT2D eigenvalue weighted by atomic mass is 10.1. The monoisotopic (exact) mass is 596 g/mol. The van der Waals surface area contributed by atoms with Gasteiger partial charge in [-0.2, -0.15) is 18.4 Å². The predicted molar refractivity (Wildman–Crippen MR) is 128 cm³/mol. The smallest absolute Gasteiger partial charge is 0.417 e. The molecule has 176 valence electrons. The summed E-state index contributed by atoms with van der Waals surface area (Å²) < 4.78 is 40.4. The van der Waals surface area contributed by atoms with Crippen LogP contribution in [0.3, 0.4) is 0 Å². The fourth-order valence-corrected chi connectivity index (χ4v) is 3.25. The molecule has 1 amide bonds. The Morgan fingerprint density at radius 3 is 1.82 bits per heavy atom. The molecule has 0 aromatic heterocycles. The number of hydrogen-bond acceptors (Lipinski definition) is 3. The number of nitrogens with one attached hydrogen (secondary N) is 1. The Balaban J connectivity index is 0.000000310. The highest BCUT2D eigenvalue weighted by Gasteiger charge is 2.33. The van der Waals surface area contributed by atoms with Crippen LogP contribution in [-0.2, 0) is 28.6 Å². The van der Waals surface area contributed by atoms with E-state index < -0.39 is 29.2 Å². The lowest BCUT2D eigenvalue weighted by Gasteiger charge is -2.11. The van der Waals surface area contributed by atoms with Gasteiger partial charge in [0.2, 0.25) is 5.91 Å². The average Bonchev–Trinajstić information content (AvgIpc) is 2.76. The lowest BCUT2D eigenvalue weighted by molar-refractivity contribution is -0.138. The van der Waals surface area contributed by atoms with E-state index in [0.29, 0.717) is 0 Å². The summed E-state index contributed by atoms with van der Waals surface area (Å²) in [5.41, 5.74) is -0.000577. The summed E-state index contributed by atoms with van der Waals surface area (Å²) >= 11 is 6.54. The molecule has 3 aromatic rings. The largest absolute Gasteiger partial charge is 0.481 e. The molecule has 0 spiro atoms. The first-order valence-corrected chi connectivity index (χ1v) is 11.2. The summed E-state index contributed by atoms with van der Waals surface area (Å²) in [6.07, 6.45) is -4.53. The molecular weight excluding hydrogens is 581 g/mol. The number of hydrogen-bond donors (Lipinski definition) is 2. The first-order valence-electron chi connectivity index (χ1n) is 9.60. The van der Waals surface area contributed by atoms with Crippen molar-refractivity contribution in [3.05, 3.63) is 97.9 Å². The number of carbonyl (C=O) groups is 2. The van der Waals surface area contributed by atoms with Crippen molar-refractivity contribution in [3.8, 4) is 6.07 Å². The standard InChI is InChI=1S/C16H10BrF3N2O.C8H7BrO2/c17-12-4-1-10(2-5-12)7-15(23)22-13-6-3-11(9-21)14(8-13)16(18,19)20;9-7-3-1-6(2-4-7)5-8(10)11/h1-6,8H,7H2,(H,22,23);1-4H,5H2,(H,10,11). The Labute approximate surface area is 210 Å². The van der Waals surface area contributed by atoms with Crippen LogP contribution in [0.5, 0.6) is 0 Å². The number of nitrogens with zero attached hydrogens (tertiary/aromatic N) is 1. The van der Waals surface area contributed by atoms with Crippen LogP contribution in [0.4, 0.5) is 18.9 Å². The second-order valence-corrected chi connectivity index (χ2v) is 8.75. The van der Waals surface area contributed by atoms with Crippen molar-refractivity contribution in [3.63, 3.8) is 0 Å². The highest BCUT2D eigenvalue weighted by molar-refractivity contribution is 9.10. The molecule has 2 N–H and O–H groups in total. The maximum Gasteiger partial charge on any atom is 0.417 e. The van der Waals surface area contributed by atoms with Crippen molar-refractivity contribution in [1.82, 2.24) is 0 Å². The molecule has 0 atom stereocenters. The third kappa shape index (κ3) is 9.00. The molecule has 5 nitrogen and oxygen atoms in total. The zero-order valence-corrected chi connectivity index (χ0v) is 20.5. The third-order valence-corrected chi connectivity index (χ3v) is 5.33. The number of halogens is 5. The average molecular weight is 598 g/mol. The molecule has 0 radical (unpaired) electrons. The molecule has 0 bridgehead atoms. The summed E-state index contributed by atoms with van der Waals surface area (Å²) in [5, 5.41) is 19.6. The number of carbonyl (C=O) groups excluding carboxylic acids is 1. The number of carboxylic acids is 1.